The molecular formula is C17H22N4O3. The Hall–Kier alpha value is -2.88. The predicted octanol–water partition coefficient (Wildman–Crippen LogP) is 2.07. The first-order valence-electron chi connectivity index (χ1n) is 7.78. The minimum absolute atomic E-state index is 0.0277. The molecule has 1 rings (SSSR count). The molecule has 1 aromatic rings. The van der Waals surface area contributed by atoms with Crippen molar-refractivity contribution in [3.63, 3.8) is 0 Å². The number of amides is 3. The number of carbonyl (C=O) groups is 3. The number of anilines is 1. The molecule has 1 unspecified atom stereocenters. The molecular weight excluding hydrogens is 308 g/mol. The van der Waals surface area contributed by atoms with Gasteiger partial charge in [-0.25, -0.2) is 4.79 Å². The number of urea groups is 1. The van der Waals surface area contributed by atoms with Gasteiger partial charge in [0.15, 0.2) is 11.7 Å². The minimum atomic E-state index is -1.41. The first kappa shape index (κ1) is 19.2. The standard InChI is InChI=1S/C17H22N4O3/c1-4-8-19-16(23)14(10-18)15(22)12-6-5-7-13(9-12)21-17(24)20-11(2)3/h5-7,9,11,14H,4,8H2,1-3H3,(H,19,23)(H2,20,21,24). The molecule has 0 fully saturated rings. The monoisotopic (exact) mass is 330 g/mol. The second-order valence-electron chi connectivity index (χ2n) is 5.55. The van der Waals surface area contributed by atoms with Crippen LogP contribution in [0, 0.1) is 17.2 Å². The molecule has 1 aromatic carbocycles. The number of hydrogen-bond donors (Lipinski definition) is 3. The summed E-state index contributed by atoms with van der Waals surface area (Å²) in [5.74, 6) is -2.62. The van der Waals surface area contributed by atoms with Crippen LogP contribution in [0.25, 0.3) is 0 Å². The average Bonchev–Trinajstić information content (AvgIpc) is 2.52. The molecule has 7 heteroatoms. The lowest BCUT2D eigenvalue weighted by Gasteiger charge is -2.12. The molecule has 0 saturated carbocycles. The van der Waals surface area contributed by atoms with Crippen LogP contribution in [0.15, 0.2) is 24.3 Å². The van der Waals surface area contributed by atoms with E-state index in [4.69, 9.17) is 5.26 Å². The molecule has 0 aromatic heterocycles. The summed E-state index contributed by atoms with van der Waals surface area (Å²) in [5.41, 5.74) is 0.597. The number of hydrogen-bond acceptors (Lipinski definition) is 4. The van der Waals surface area contributed by atoms with Crippen LogP contribution in [-0.4, -0.2) is 30.3 Å². The molecule has 0 aliphatic rings. The fraction of sp³-hybridized carbons (Fsp3) is 0.412. The fourth-order valence-corrected chi connectivity index (χ4v) is 1.93. The summed E-state index contributed by atoms with van der Waals surface area (Å²) >= 11 is 0. The molecule has 3 amide bonds. The Morgan fingerprint density at radius 1 is 1.25 bits per heavy atom. The molecule has 3 N–H and O–H groups in total. The van der Waals surface area contributed by atoms with E-state index >= 15 is 0 Å². The molecule has 0 radical (unpaired) electrons. The van der Waals surface area contributed by atoms with E-state index in [2.05, 4.69) is 16.0 Å². The number of carbonyl (C=O) groups excluding carboxylic acids is 3. The van der Waals surface area contributed by atoms with Gasteiger partial charge in [-0.3, -0.25) is 9.59 Å². The Morgan fingerprint density at radius 2 is 1.96 bits per heavy atom. The van der Waals surface area contributed by atoms with Gasteiger partial charge in [-0.2, -0.15) is 5.26 Å². The number of ketones is 1. The van der Waals surface area contributed by atoms with Gasteiger partial charge in [0, 0.05) is 23.8 Å². The van der Waals surface area contributed by atoms with Crippen molar-refractivity contribution in [3.8, 4) is 6.07 Å². The topological polar surface area (TPSA) is 111 Å². The first-order chi connectivity index (χ1) is 11.4. The van der Waals surface area contributed by atoms with Crippen LogP contribution in [0.1, 0.15) is 37.6 Å². The van der Waals surface area contributed by atoms with Crippen LogP contribution in [0.3, 0.4) is 0 Å². The highest BCUT2D eigenvalue weighted by Crippen LogP contribution is 2.15. The Balaban J connectivity index is 2.87. The van der Waals surface area contributed by atoms with Gasteiger partial charge in [-0.05, 0) is 32.4 Å². The Kier molecular flexibility index (Phi) is 7.43. The largest absolute Gasteiger partial charge is 0.355 e. The van der Waals surface area contributed by atoms with E-state index in [-0.39, 0.29) is 11.6 Å². The van der Waals surface area contributed by atoms with E-state index < -0.39 is 23.6 Å². The first-order valence-corrected chi connectivity index (χ1v) is 7.78. The van der Waals surface area contributed by atoms with Crippen LogP contribution < -0.4 is 16.0 Å². The number of rotatable bonds is 7. The predicted molar refractivity (Wildman–Crippen MR) is 90.5 cm³/mol. The third kappa shape index (κ3) is 5.72. The van der Waals surface area contributed by atoms with Crippen LogP contribution >= 0.6 is 0 Å². The van der Waals surface area contributed by atoms with Gasteiger partial charge in [0.2, 0.25) is 5.91 Å². The van der Waals surface area contributed by atoms with Crippen molar-refractivity contribution in [1.82, 2.24) is 10.6 Å². The lowest BCUT2D eigenvalue weighted by molar-refractivity contribution is -0.122. The van der Waals surface area contributed by atoms with E-state index in [0.717, 1.165) is 0 Å². The highest BCUT2D eigenvalue weighted by Gasteiger charge is 2.27. The van der Waals surface area contributed by atoms with E-state index in [0.29, 0.717) is 18.7 Å². The summed E-state index contributed by atoms with van der Waals surface area (Å²) in [6, 6.07) is 7.46. The summed E-state index contributed by atoms with van der Waals surface area (Å²) < 4.78 is 0. The van der Waals surface area contributed by atoms with Crippen molar-refractivity contribution in [3.05, 3.63) is 29.8 Å². The van der Waals surface area contributed by atoms with Gasteiger partial charge in [0.05, 0.1) is 6.07 Å². The van der Waals surface area contributed by atoms with E-state index in [1.165, 1.54) is 12.1 Å². The lowest BCUT2D eigenvalue weighted by Crippen LogP contribution is -2.35. The molecule has 0 aliphatic carbocycles. The van der Waals surface area contributed by atoms with Crippen molar-refractivity contribution in [1.29, 1.82) is 5.26 Å². The zero-order chi connectivity index (χ0) is 18.1. The average molecular weight is 330 g/mol. The van der Waals surface area contributed by atoms with E-state index in [9.17, 15) is 14.4 Å². The Labute approximate surface area is 141 Å². The SMILES string of the molecule is CCCNC(=O)C(C#N)C(=O)c1cccc(NC(=O)NC(C)C)c1. The fourth-order valence-electron chi connectivity index (χ4n) is 1.93. The smallest absolute Gasteiger partial charge is 0.319 e. The summed E-state index contributed by atoms with van der Waals surface area (Å²) in [5, 5.41) is 16.9. The maximum Gasteiger partial charge on any atom is 0.319 e. The minimum Gasteiger partial charge on any atom is -0.355 e. The van der Waals surface area contributed by atoms with Crippen molar-refractivity contribution >= 4 is 23.4 Å². The van der Waals surface area contributed by atoms with E-state index in [1.54, 1.807) is 18.2 Å². The number of benzene rings is 1. The number of nitrogens with one attached hydrogen (secondary N) is 3. The molecule has 0 bridgehead atoms. The third-order valence-electron chi connectivity index (χ3n) is 3.03. The zero-order valence-electron chi connectivity index (χ0n) is 14.1. The lowest BCUT2D eigenvalue weighted by atomic mass is 9.97. The van der Waals surface area contributed by atoms with Crippen molar-refractivity contribution in [2.75, 3.05) is 11.9 Å². The van der Waals surface area contributed by atoms with Gasteiger partial charge in [0.1, 0.15) is 0 Å². The van der Waals surface area contributed by atoms with Gasteiger partial charge in [-0.1, -0.05) is 19.1 Å². The van der Waals surface area contributed by atoms with Gasteiger partial charge >= 0.3 is 6.03 Å². The molecule has 0 heterocycles. The summed E-state index contributed by atoms with van der Waals surface area (Å²) in [6.07, 6.45) is 0.711. The zero-order valence-corrected chi connectivity index (χ0v) is 14.1. The Morgan fingerprint density at radius 3 is 2.54 bits per heavy atom. The molecule has 0 saturated heterocycles. The highest BCUT2D eigenvalue weighted by atomic mass is 16.2. The maximum absolute atomic E-state index is 12.4. The highest BCUT2D eigenvalue weighted by molar-refractivity contribution is 6.12. The molecule has 7 nitrogen and oxygen atoms in total. The molecule has 0 spiro atoms. The quantitative estimate of drug-likeness (QED) is 0.525. The maximum atomic E-state index is 12.4. The van der Waals surface area contributed by atoms with Crippen LogP contribution in [0.2, 0.25) is 0 Å². The van der Waals surface area contributed by atoms with Crippen molar-refractivity contribution < 1.29 is 14.4 Å². The molecule has 24 heavy (non-hydrogen) atoms. The number of nitriles is 1. The Bertz CT molecular complexity index is 649. The van der Waals surface area contributed by atoms with E-state index in [1.807, 2.05) is 20.8 Å². The second-order valence-corrected chi connectivity index (χ2v) is 5.55. The molecule has 1 atom stereocenters. The third-order valence-corrected chi connectivity index (χ3v) is 3.03. The number of nitrogens with zero attached hydrogens (tertiary/aromatic N) is 1. The van der Waals surface area contributed by atoms with Crippen molar-refractivity contribution in [2.24, 2.45) is 5.92 Å². The van der Waals surface area contributed by atoms with Crippen LogP contribution in [-0.2, 0) is 4.79 Å². The summed E-state index contributed by atoms with van der Waals surface area (Å²) in [7, 11) is 0. The summed E-state index contributed by atoms with van der Waals surface area (Å²) in [6.45, 7) is 5.93. The normalized spacial score (nSPS) is 11.3. The van der Waals surface area contributed by atoms with Gasteiger partial charge in [0.25, 0.3) is 0 Å². The second kappa shape index (κ2) is 9.30. The van der Waals surface area contributed by atoms with Gasteiger partial charge < -0.3 is 16.0 Å². The van der Waals surface area contributed by atoms with Crippen molar-refractivity contribution in [2.45, 2.75) is 33.2 Å². The van der Waals surface area contributed by atoms with Crippen LogP contribution in [0.5, 0.6) is 0 Å². The molecule has 128 valence electrons. The summed E-state index contributed by atoms with van der Waals surface area (Å²) in [4.78, 5) is 36.0. The van der Waals surface area contributed by atoms with Crippen LogP contribution in [0.4, 0.5) is 10.5 Å². The van der Waals surface area contributed by atoms with Gasteiger partial charge in [-0.15, -0.1) is 0 Å². The number of Topliss-reactive ketones (excluding diaryl/α,β-unsaturated/α-hetero) is 1. The molecule has 0 aliphatic heterocycles.